The Morgan fingerprint density at radius 3 is 2.54 bits per heavy atom. The first-order valence-electron chi connectivity index (χ1n) is 8.80. The molecule has 0 saturated carbocycles. The van der Waals surface area contributed by atoms with Crippen molar-refractivity contribution in [3.63, 3.8) is 0 Å². The topological polar surface area (TPSA) is 86.2 Å². The van der Waals surface area contributed by atoms with Crippen molar-refractivity contribution in [1.29, 1.82) is 0 Å². The predicted molar refractivity (Wildman–Crippen MR) is 106 cm³/mol. The van der Waals surface area contributed by atoms with E-state index in [1.165, 1.54) is 20.2 Å². The fourth-order valence-corrected chi connectivity index (χ4v) is 2.45. The molecule has 148 valence electrons. The molecule has 1 N–H and O–H groups in total. The molecular formula is C21H24N2O5. The molecule has 0 atom stereocenters. The largest absolute Gasteiger partial charge is 0.493 e. The number of amides is 1. The summed E-state index contributed by atoms with van der Waals surface area (Å²) in [5.41, 5.74) is 4.12. The predicted octanol–water partition coefficient (Wildman–Crippen LogP) is 3.27. The molecule has 0 unspecified atom stereocenters. The highest BCUT2D eigenvalue weighted by Gasteiger charge is 2.09. The molecule has 2 aromatic rings. The van der Waals surface area contributed by atoms with Crippen molar-refractivity contribution in [2.24, 2.45) is 5.10 Å². The summed E-state index contributed by atoms with van der Waals surface area (Å²) in [4.78, 5) is 23.0. The fourth-order valence-electron chi connectivity index (χ4n) is 2.45. The summed E-state index contributed by atoms with van der Waals surface area (Å²) in [6.07, 6.45) is 1.46. The number of methoxy groups -OCH3 is 1. The number of benzene rings is 2. The number of para-hydroxylation sites is 1. The average Bonchev–Trinajstić information content (AvgIpc) is 2.67. The summed E-state index contributed by atoms with van der Waals surface area (Å²) >= 11 is 0. The van der Waals surface area contributed by atoms with Gasteiger partial charge in [-0.25, -0.2) is 5.43 Å². The number of nitrogens with one attached hydrogen (secondary N) is 1. The van der Waals surface area contributed by atoms with Crippen molar-refractivity contribution in [3.05, 3.63) is 53.6 Å². The van der Waals surface area contributed by atoms with Crippen LogP contribution in [0.1, 0.15) is 37.8 Å². The Kier molecular flexibility index (Phi) is 7.56. The Labute approximate surface area is 164 Å². The molecule has 0 bridgehead atoms. The van der Waals surface area contributed by atoms with Crippen LogP contribution in [0, 0.1) is 0 Å². The summed E-state index contributed by atoms with van der Waals surface area (Å²) < 4.78 is 15.8. The number of carbonyl (C=O) groups excluding carboxylic acids is 2. The average molecular weight is 384 g/mol. The molecule has 0 saturated heterocycles. The first-order valence-corrected chi connectivity index (χ1v) is 8.80. The number of hydrazone groups is 1. The van der Waals surface area contributed by atoms with E-state index in [0.29, 0.717) is 28.7 Å². The van der Waals surface area contributed by atoms with E-state index in [9.17, 15) is 9.59 Å². The number of hydrogen-bond acceptors (Lipinski definition) is 6. The molecule has 2 rings (SSSR count). The molecule has 7 nitrogen and oxygen atoms in total. The second-order valence-electron chi connectivity index (χ2n) is 6.28. The van der Waals surface area contributed by atoms with Gasteiger partial charge in [0.1, 0.15) is 5.75 Å². The highest BCUT2D eigenvalue weighted by atomic mass is 16.6. The van der Waals surface area contributed by atoms with E-state index in [1.54, 1.807) is 18.2 Å². The van der Waals surface area contributed by atoms with Gasteiger partial charge in [-0.05, 0) is 41.3 Å². The van der Waals surface area contributed by atoms with Crippen molar-refractivity contribution in [2.75, 3.05) is 13.7 Å². The van der Waals surface area contributed by atoms with E-state index in [0.717, 1.165) is 5.56 Å². The Hall–Kier alpha value is -3.35. The number of rotatable bonds is 8. The molecule has 0 spiro atoms. The third-order valence-electron chi connectivity index (χ3n) is 3.74. The third kappa shape index (κ3) is 6.12. The van der Waals surface area contributed by atoms with Gasteiger partial charge < -0.3 is 14.2 Å². The van der Waals surface area contributed by atoms with Gasteiger partial charge >= 0.3 is 5.97 Å². The lowest BCUT2D eigenvalue weighted by molar-refractivity contribution is -0.132. The van der Waals surface area contributed by atoms with Gasteiger partial charge in [-0.3, -0.25) is 9.59 Å². The fraction of sp³-hybridized carbons (Fsp3) is 0.286. The molecule has 2 aromatic carbocycles. The van der Waals surface area contributed by atoms with E-state index in [2.05, 4.69) is 24.4 Å². The maximum absolute atomic E-state index is 12.0. The van der Waals surface area contributed by atoms with E-state index in [-0.39, 0.29) is 12.5 Å². The van der Waals surface area contributed by atoms with Gasteiger partial charge in [0.25, 0.3) is 5.91 Å². The highest BCUT2D eigenvalue weighted by molar-refractivity contribution is 5.84. The SMILES string of the molecule is COc1cc(C=NNC(=O)COc2ccccc2C(C)C)ccc1OC(C)=O. The van der Waals surface area contributed by atoms with Gasteiger partial charge in [0, 0.05) is 6.92 Å². The summed E-state index contributed by atoms with van der Waals surface area (Å²) in [6.45, 7) is 5.29. The molecule has 0 aliphatic heterocycles. The molecule has 0 heterocycles. The lowest BCUT2D eigenvalue weighted by Gasteiger charge is -2.13. The van der Waals surface area contributed by atoms with Gasteiger partial charge in [0.2, 0.25) is 0 Å². The first kappa shape index (κ1) is 21.0. The maximum Gasteiger partial charge on any atom is 0.308 e. The maximum atomic E-state index is 12.0. The number of ether oxygens (including phenoxy) is 3. The Bertz CT molecular complexity index is 862. The van der Waals surface area contributed by atoms with Gasteiger partial charge in [0.15, 0.2) is 18.1 Å². The summed E-state index contributed by atoms with van der Waals surface area (Å²) in [7, 11) is 1.47. The lowest BCUT2D eigenvalue weighted by Crippen LogP contribution is -2.24. The molecule has 0 aliphatic carbocycles. The minimum absolute atomic E-state index is 0.143. The number of nitrogens with zero attached hydrogens (tertiary/aromatic N) is 1. The third-order valence-corrected chi connectivity index (χ3v) is 3.74. The summed E-state index contributed by atoms with van der Waals surface area (Å²) in [5.74, 6) is 0.862. The standard InChI is InChI=1S/C21H24N2O5/c1-14(2)17-7-5-6-8-18(17)27-13-21(25)23-22-12-16-9-10-19(28-15(3)24)20(11-16)26-4/h5-12,14H,13H2,1-4H3,(H,23,25). The lowest BCUT2D eigenvalue weighted by atomic mass is 10.0. The van der Waals surface area contributed by atoms with Crippen LogP contribution in [0.15, 0.2) is 47.6 Å². The van der Waals surface area contributed by atoms with E-state index in [4.69, 9.17) is 14.2 Å². The first-order chi connectivity index (χ1) is 13.4. The normalized spacial score (nSPS) is 10.8. The number of esters is 1. The molecule has 0 aromatic heterocycles. The van der Waals surface area contributed by atoms with E-state index in [1.807, 2.05) is 24.3 Å². The monoisotopic (exact) mass is 384 g/mol. The van der Waals surface area contributed by atoms with Crippen LogP contribution in [0.2, 0.25) is 0 Å². The zero-order valence-corrected chi connectivity index (χ0v) is 16.4. The molecule has 28 heavy (non-hydrogen) atoms. The summed E-state index contributed by atoms with van der Waals surface area (Å²) in [5, 5.41) is 3.91. The Balaban J connectivity index is 1.92. The Morgan fingerprint density at radius 2 is 1.86 bits per heavy atom. The van der Waals surface area contributed by atoms with Crippen LogP contribution in [0.4, 0.5) is 0 Å². The van der Waals surface area contributed by atoms with Gasteiger partial charge in [-0.1, -0.05) is 32.0 Å². The molecular weight excluding hydrogens is 360 g/mol. The van der Waals surface area contributed by atoms with Crippen LogP contribution in [0.25, 0.3) is 0 Å². The number of carbonyl (C=O) groups is 2. The molecule has 7 heteroatoms. The van der Waals surface area contributed by atoms with Crippen LogP contribution in [-0.4, -0.2) is 31.8 Å². The molecule has 1 amide bonds. The van der Waals surface area contributed by atoms with Crippen LogP contribution >= 0.6 is 0 Å². The van der Waals surface area contributed by atoms with Crippen molar-refractivity contribution < 1.29 is 23.8 Å². The smallest absolute Gasteiger partial charge is 0.308 e. The van der Waals surface area contributed by atoms with Gasteiger partial charge in [0.05, 0.1) is 13.3 Å². The second-order valence-corrected chi connectivity index (χ2v) is 6.28. The molecule has 0 radical (unpaired) electrons. The summed E-state index contributed by atoms with van der Waals surface area (Å²) in [6, 6.07) is 12.5. The van der Waals surface area contributed by atoms with Crippen molar-refractivity contribution in [2.45, 2.75) is 26.7 Å². The number of hydrogen-bond donors (Lipinski definition) is 1. The van der Waals surface area contributed by atoms with Crippen LogP contribution in [0.3, 0.4) is 0 Å². The van der Waals surface area contributed by atoms with Gasteiger partial charge in [-0.2, -0.15) is 5.10 Å². The van der Waals surface area contributed by atoms with Crippen LogP contribution < -0.4 is 19.6 Å². The van der Waals surface area contributed by atoms with Crippen LogP contribution in [-0.2, 0) is 9.59 Å². The zero-order valence-electron chi connectivity index (χ0n) is 16.4. The van der Waals surface area contributed by atoms with Crippen LogP contribution in [0.5, 0.6) is 17.2 Å². The highest BCUT2D eigenvalue weighted by Crippen LogP contribution is 2.28. The second kappa shape index (κ2) is 10.1. The minimum atomic E-state index is -0.439. The Morgan fingerprint density at radius 1 is 1.11 bits per heavy atom. The van der Waals surface area contributed by atoms with Gasteiger partial charge in [-0.15, -0.1) is 0 Å². The zero-order chi connectivity index (χ0) is 20.5. The van der Waals surface area contributed by atoms with E-state index >= 15 is 0 Å². The van der Waals surface area contributed by atoms with E-state index < -0.39 is 5.97 Å². The molecule has 0 aliphatic rings. The molecule has 0 fully saturated rings. The quantitative estimate of drug-likeness (QED) is 0.327. The van der Waals surface area contributed by atoms with Crippen molar-refractivity contribution in [1.82, 2.24) is 5.43 Å². The van der Waals surface area contributed by atoms with Crippen molar-refractivity contribution >= 4 is 18.1 Å². The van der Waals surface area contributed by atoms with Crippen molar-refractivity contribution in [3.8, 4) is 17.2 Å². The minimum Gasteiger partial charge on any atom is -0.493 e.